The van der Waals surface area contributed by atoms with Crippen LogP contribution < -0.4 is 5.32 Å². The van der Waals surface area contributed by atoms with Crippen LogP contribution in [0.5, 0.6) is 0 Å². The molecule has 0 radical (unpaired) electrons. The predicted molar refractivity (Wildman–Crippen MR) is 62.3 cm³/mol. The Hall–Kier alpha value is -0.610. The molecular weight excluding hydrogens is 206 g/mol. The Labute approximate surface area is 97.0 Å². The summed E-state index contributed by atoms with van der Waals surface area (Å²) in [6.07, 6.45) is 6.28. The largest absolute Gasteiger partial charge is 0.479 e. The van der Waals surface area contributed by atoms with E-state index < -0.39 is 11.6 Å². The van der Waals surface area contributed by atoms with Gasteiger partial charge in [-0.25, -0.2) is 4.79 Å². The molecule has 3 N–H and O–H groups in total. The number of aliphatic carboxylic acids is 1. The van der Waals surface area contributed by atoms with E-state index in [4.69, 9.17) is 5.11 Å². The Kier molecular flexibility index (Phi) is 4.74. The van der Waals surface area contributed by atoms with Crippen LogP contribution in [0.15, 0.2) is 0 Å². The third-order valence-electron chi connectivity index (χ3n) is 3.59. The van der Waals surface area contributed by atoms with Crippen LogP contribution in [-0.2, 0) is 4.79 Å². The van der Waals surface area contributed by atoms with Crippen molar-refractivity contribution in [3.05, 3.63) is 0 Å². The van der Waals surface area contributed by atoms with E-state index in [0.717, 1.165) is 0 Å². The lowest BCUT2D eigenvalue weighted by Gasteiger charge is -2.30. The molecule has 0 saturated heterocycles. The summed E-state index contributed by atoms with van der Waals surface area (Å²) in [5.41, 5.74) is -1.66. The van der Waals surface area contributed by atoms with E-state index in [0.29, 0.717) is 5.92 Å². The van der Waals surface area contributed by atoms with Crippen LogP contribution >= 0.6 is 0 Å². The average Bonchev–Trinajstić information content (AvgIpc) is 2.27. The molecule has 1 unspecified atom stereocenters. The van der Waals surface area contributed by atoms with E-state index in [1.54, 1.807) is 0 Å². The highest BCUT2D eigenvalue weighted by molar-refractivity contribution is 5.76. The van der Waals surface area contributed by atoms with E-state index >= 15 is 0 Å². The third kappa shape index (κ3) is 3.76. The number of carboxylic acids is 1. The molecule has 4 nitrogen and oxygen atoms in total. The van der Waals surface area contributed by atoms with Crippen LogP contribution in [0.1, 0.15) is 46.0 Å². The van der Waals surface area contributed by atoms with Gasteiger partial charge in [0.1, 0.15) is 0 Å². The van der Waals surface area contributed by atoms with Gasteiger partial charge in [-0.2, -0.15) is 0 Å². The zero-order valence-corrected chi connectivity index (χ0v) is 10.2. The predicted octanol–water partition coefficient (Wildman–Crippen LogP) is 1.38. The molecular formula is C12H23NO3. The second kappa shape index (κ2) is 5.64. The maximum atomic E-state index is 10.7. The highest BCUT2D eigenvalue weighted by Gasteiger charge is 2.31. The zero-order valence-electron chi connectivity index (χ0n) is 10.2. The molecule has 0 amide bonds. The van der Waals surface area contributed by atoms with E-state index in [9.17, 15) is 9.90 Å². The molecule has 1 aliphatic rings. The molecule has 0 aromatic heterocycles. The Bertz CT molecular complexity index is 234. The lowest BCUT2D eigenvalue weighted by Crippen LogP contribution is -2.48. The fourth-order valence-corrected chi connectivity index (χ4v) is 2.24. The minimum absolute atomic E-state index is 0.111. The third-order valence-corrected chi connectivity index (χ3v) is 3.59. The van der Waals surface area contributed by atoms with Gasteiger partial charge in [0.15, 0.2) is 5.60 Å². The van der Waals surface area contributed by atoms with Crippen LogP contribution in [0.3, 0.4) is 0 Å². The molecule has 1 fully saturated rings. The van der Waals surface area contributed by atoms with E-state index in [-0.39, 0.29) is 12.6 Å². The second-order valence-corrected chi connectivity index (χ2v) is 5.15. The summed E-state index contributed by atoms with van der Waals surface area (Å²) >= 11 is 0. The molecule has 1 rings (SSSR count). The first kappa shape index (κ1) is 13.5. The average molecular weight is 229 g/mol. The quantitative estimate of drug-likeness (QED) is 0.666. The molecule has 2 atom stereocenters. The monoisotopic (exact) mass is 229 g/mol. The van der Waals surface area contributed by atoms with Crippen molar-refractivity contribution in [2.75, 3.05) is 6.54 Å². The summed E-state index contributed by atoms with van der Waals surface area (Å²) in [7, 11) is 0. The molecule has 1 saturated carbocycles. The smallest absolute Gasteiger partial charge is 0.336 e. The van der Waals surface area contributed by atoms with Crippen LogP contribution in [0, 0.1) is 5.92 Å². The molecule has 0 aromatic rings. The molecule has 94 valence electrons. The SMILES string of the molecule is C[C@@H](NCC(C)(O)C(=O)O)C1CCCCC1. The number of nitrogens with one attached hydrogen (secondary N) is 1. The van der Waals surface area contributed by atoms with Gasteiger partial charge in [0.05, 0.1) is 0 Å². The van der Waals surface area contributed by atoms with Crippen molar-refractivity contribution in [1.29, 1.82) is 0 Å². The summed E-state index contributed by atoms with van der Waals surface area (Å²) in [6, 6.07) is 0.283. The summed E-state index contributed by atoms with van der Waals surface area (Å²) in [5, 5.41) is 21.5. The molecule has 0 aromatic carbocycles. The minimum Gasteiger partial charge on any atom is -0.479 e. The van der Waals surface area contributed by atoms with Crippen LogP contribution in [0.4, 0.5) is 0 Å². The van der Waals surface area contributed by atoms with Crippen molar-refractivity contribution in [1.82, 2.24) is 5.32 Å². The van der Waals surface area contributed by atoms with Crippen molar-refractivity contribution in [2.24, 2.45) is 5.92 Å². The number of carboxylic acid groups (broad SMARTS) is 1. The van der Waals surface area contributed by atoms with E-state index in [1.807, 2.05) is 0 Å². The molecule has 4 heteroatoms. The summed E-state index contributed by atoms with van der Waals surface area (Å²) in [4.78, 5) is 10.7. The maximum absolute atomic E-state index is 10.7. The fraction of sp³-hybridized carbons (Fsp3) is 0.917. The van der Waals surface area contributed by atoms with Gasteiger partial charge < -0.3 is 15.5 Å². The van der Waals surface area contributed by atoms with Crippen LogP contribution in [0.2, 0.25) is 0 Å². The zero-order chi connectivity index (χ0) is 12.2. The molecule has 0 heterocycles. The molecule has 0 bridgehead atoms. The summed E-state index contributed by atoms with van der Waals surface area (Å²) in [5.74, 6) is -0.547. The number of hydrogen-bond donors (Lipinski definition) is 3. The van der Waals surface area contributed by atoms with Crippen LogP contribution in [0.25, 0.3) is 0 Å². The highest BCUT2D eigenvalue weighted by Crippen LogP contribution is 2.26. The van der Waals surface area contributed by atoms with Gasteiger partial charge in [-0.05, 0) is 32.6 Å². The first-order valence-electron chi connectivity index (χ1n) is 6.12. The standard InChI is InChI=1S/C12H23NO3/c1-9(10-6-4-3-5-7-10)13-8-12(2,16)11(14)15/h9-10,13,16H,3-8H2,1-2H3,(H,14,15)/t9-,12?/m1/s1. The molecule has 0 aliphatic heterocycles. The molecule has 1 aliphatic carbocycles. The van der Waals surface area contributed by atoms with Crippen molar-refractivity contribution < 1.29 is 15.0 Å². The second-order valence-electron chi connectivity index (χ2n) is 5.15. The molecule has 16 heavy (non-hydrogen) atoms. The fourth-order valence-electron chi connectivity index (χ4n) is 2.24. The number of hydrogen-bond acceptors (Lipinski definition) is 3. The van der Waals surface area contributed by atoms with Crippen molar-refractivity contribution in [3.63, 3.8) is 0 Å². The maximum Gasteiger partial charge on any atom is 0.336 e. The lowest BCUT2D eigenvalue weighted by atomic mass is 9.84. The lowest BCUT2D eigenvalue weighted by molar-refractivity contribution is -0.156. The molecule has 0 spiro atoms. The van der Waals surface area contributed by atoms with E-state index in [2.05, 4.69) is 12.2 Å². The van der Waals surface area contributed by atoms with Crippen molar-refractivity contribution in [3.8, 4) is 0 Å². The number of aliphatic hydroxyl groups is 1. The number of rotatable bonds is 5. The van der Waals surface area contributed by atoms with Gasteiger partial charge in [0.2, 0.25) is 0 Å². The van der Waals surface area contributed by atoms with Gasteiger partial charge in [-0.15, -0.1) is 0 Å². The Morgan fingerprint density at radius 3 is 2.50 bits per heavy atom. The Morgan fingerprint density at radius 2 is 2.00 bits per heavy atom. The number of carbonyl (C=O) groups is 1. The minimum atomic E-state index is -1.66. The Morgan fingerprint density at radius 1 is 1.44 bits per heavy atom. The first-order chi connectivity index (χ1) is 7.43. The van der Waals surface area contributed by atoms with Gasteiger partial charge >= 0.3 is 5.97 Å². The van der Waals surface area contributed by atoms with Crippen molar-refractivity contribution >= 4 is 5.97 Å². The van der Waals surface area contributed by atoms with Gasteiger partial charge in [0, 0.05) is 12.6 Å². The highest BCUT2D eigenvalue weighted by atomic mass is 16.4. The van der Waals surface area contributed by atoms with Crippen LogP contribution in [-0.4, -0.2) is 34.4 Å². The topological polar surface area (TPSA) is 69.6 Å². The van der Waals surface area contributed by atoms with Gasteiger partial charge in [0.25, 0.3) is 0 Å². The summed E-state index contributed by atoms with van der Waals surface area (Å²) in [6.45, 7) is 3.52. The Balaban J connectivity index is 2.33. The van der Waals surface area contributed by atoms with Gasteiger partial charge in [-0.3, -0.25) is 0 Å². The van der Waals surface area contributed by atoms with E-state index in [1.165, 1.54) is 39.0 Å². The van der Waals surface area contributed by atoms with Crippen molar-refractivity contribution in [2.45, 2.75) is 57.6 Å². The van der Waals surface area contributed by atoms with Gasteiger partial charge in [-0.1, -0.05) is 19.3 Å². The summed E-state index contributed by atoms with van der Waals surface area (Å²) < 4.78 is 0. The normalized spacial score (nSPS) is 23.7. The first-order valence-corrected chi connectivity index (χ1v) is 6.12.